The maximum absolute atomic E-state index is 12.5. The number of nitrogens with one attached hydrogen (secondary N) is 3. The Morgan fingerprint density at radius 2 is 1.76 bits per heavy atom. The molecule has 2 aromatic carbocycles. The van der Waals surface area contributed by atoms with Gasteiger partial charge in [0.25, 0.3) is 5.91 Å². The van der Waals surface area contributed by atoms with Crippen molar-refractivity contribution in [1.29, 1.82) is 0 Å². The molecule has 2 aromatic rings. The molecule has 0 saturated carbocycles. The number of amides is 2. The maximum atomic E-state index is 12.5. The lowest BCUT2D eigenvalue weighted by Gasteiger charge is -2.15. The fourth-order valence-corrected chi connectivity index (χ4v) is 3.93. The minimum Gasteiger partial charge on any atom is -0.489 e. The number of hydrogen-bond acceptors (Lipinski definition) is 6. The van der Waals surface area contributed by atoms with Crippen molar-refractivity contribution in [1.82, 2.24) is 5.32 Å². The second kappa shape index (κ2) is 11.7. The number of para-hydroxylation sites is 2. The highest BCUT2D eigenvalue weighted by atomic mass is 16.5. The van der Waals surface area contributed by atoms with E-state index in [4.69, 9.17) is 14.2 Å². The van der Waals surface area contributed by atoms with E-state index in [-0.39, 0.29) is 30.6 Å². The van der Waals surface area contributed by atoms with Crippen molar-refractivity contribution in [3.63, 3.8) is 0 Å². The first-order valence-corrected chi connectivity index (χ1v) is 11.5. The van der Waals surface area contributed by atoms with E-state index in [2.05, 4.69) is 16.0 Å². The lowest BCUT2D eigenvalue weighted by atomic mass is 10.1. The molecule has 0 radical (unpaired) electrons. The molecule has 2 unspecified atom stereocenters. The summed E-state index contributed by atoms with van der Waals surface area (Å²) in [5.41, 5.74) is 1.80. The average Bonchev–Trinajstić information content (AvgIpc) is 3.55. The van der Waals surface area contributed by atoms with Gasteiger partial charge in [-0.3, -0.25) is 9.59 Å². The van der Waals surface area contributed by atoms with E-state index >= 15 is 0 Å². The maximum Gasteiger partial charge on any atom is 0.251 e. The van der Waals surface area contributed by atoms with Gasteiger partial charge in [0.2, 0.25) is 5.91 Å². The molecule has 176 valence electrons. The zero-order chi connectivity index (χ0) is 22.9. The third-order valence-corrected chi connectivity index (χ3v) is 5.70. The number of rotatable bonds is 10. The van der Waals surface area contributed by atoms with E-state index in [1.165, 1.54) is 0 Å². The number of carbonyl (C=O) groups is 2. The van der Waals surface area contributed by atoms with Crippen LogP contribution in [-0.4, -0.2) is 56.9 Å². The first kappa shape index (κ1) is 23.1. The topological polar surface area (TPSA) is 97.9 Å². The van der Waals surface area contributed by atoms with Gasteiger partial charge in [0, 0.05) is 31.0 Å². The smallest absolute Gasteiger partial charge is 0.251 e. The fourth-order valence-electron chi connectivity index (χ4n) is 3.93. The second-order valence-corrected chi connectivity index (χ2v) is 8.27. The van der Waals surface area contributed by atoms with Gasteiger partial charge in [-0.2, -0.15) is 0 Å². The lowest BCUT2D eigenvalue weighted by Crippen LogP contribution is -2.31. The fraction of sp³-hybridized carbons (Fsp3) is 0.440. The molecule has 4 rings (SSSR count). The molecular weight excluding hydrogens is 422 g/mol. The van der Waals surface area contributed by atoms with Gasteiger partial charge >= 0.3 is 0 Å². The van der Waals surface area contributed by atoms with Crippen LogP contribution in [0.25, 0.3) is 0 Å². The summed E-state index contributed by atoms with van der Waals surface area (Å²) in [5, 5.41) is 8.86. The van der Waals surface area contributed by atoms with Gasteiger partial charge in [-0.15, -0.1) is 0 Å². The van der Waals surface area contributed by atoms with Gasteiger partial charge in [-0.25, -0.2) is 0 Å². The lowest BCUT2D eigenvalue weighted by molar-refractivity contribution is -0.114. The largest absolute Gasteiger partial charge is 0.489 e. The Bertz CT molecular complexity index is 939. The molecule has 0 spiro atoms. The first-order chi connectivity index (χ1) is 16.2. The highest BCUT2D eigenvalue weighted by Crippen LogP contribution is 2.25. The molecular formula is C25H31N3O5. The quantitative estimate of drug-likeness (QED) is 0.511. The normalized spacial score (nSPS) is 19.8. The molecule has 2 aliphatic rings. The predicted octanol–water partition coefficient (Wildman–Crippen LogP) is 3.20. The van der Waals surface area contributed by atoms with E-state index in [9.17, 15) is 9.59 Å². The van der Waals surface area contributed by atoms with Crippen LogP contribution in [0.1, 0.15) is 36.0 Å². The Morgan fingerprint density at radius 1 is 0.970 bits per heavy atom. The molecule has 8 nitrogen and oxygen atoms in total. The third-order valence-electron chi connectivity index (χ3n) is 5.70. The molecule has 0 aromatic heterocycles. The summed E-state index contributed by atoms with van der Waals surface area (Å²) in [6.45, 7) is 2.59. The summed E-state index contributed by atoms with van der Waals surface area (Å²) >= 11 is 0. The minimum absolute atomic E-state index is 0.0652. The number of hydrogen-bond donors (Lipinski definition) is 3. The molecule has 3 N–H and O–H groups in total. The molecule has 0 aliphatic carbocycles. The molecule has 33 heavy (non-hydrogen) atoms. The van der Waals surface area contributed by atoms with Gasteiger partial charge in [-0.05, 0) is 56.0 Å². The molecule has 2 aliphatic heterocycles. The van der Waals surface area contributed by atoms with Crippen LogP contribution in [0.4, 0.5) is 11.4 Å². The monoisotopic (exact) mass is 453 g/mol. The summed E-state index contributed by atoms with van der Waals surface area (Å²) in [6.07, 6.45) is 4.26. The van der Waals surface area contributed by atoms with Crippen molar-refractivity contribution in [2.24, 2.45) is 0 Å². The third kappa shape index (κ3) is 6.94. The van der Waals surface area contributed by atoms with Crippen LogP contribution >= 0.6 is 0 Å². The van der Waals surface area contributed by atoms with Crippen molar-refractivity contribution in [3.05, 3.63) is 54.1 Å². The van der Waals surface area contributed by atoms with Crippen molar-refractivity contribution < 1.29 is 23.8 Å². The summed E-state index contributed by atoms with van der Waals surface area (Å²) < 4.78 is 17.0. The van der Waals surface area contributed by atoms with Crippen molar-refractivity contribution in [3.8, 4) is 5.75 Å². The van der Waals surface area contributed by atoms with Crippen molar-refractivity contribution in [2.75, 3.05) is 43.5 Å². The number of ether oxygens (including phenoxy) is 3. The van der Waals surface area contributed by atoms with Crippen LogP contribution in [-0.2, 0) is 14.3 Å². The Balaban J connectivity index is 1.26. The van der Waals surface area contributed by atoms with Crippen LogP contribution in [0.3, 0.4) is 0 Å². The molecule has 8 heteroatoms. The zero-order valence-corrected chi connectivity index (χ0v) is 18.7. The van der Waals surface area contributed by atoms with Crippen molar-refractivity contribution >= 4 is 23.2 Å². The van der Waals surface area contributed by atoms with Gasteiger partial charge in [0.1, 0.15) is 12.4 Å². The molecule has 2 atom stereocenters. The van der Waals surface area contributed by atoms with Crippen LogP contribution in [0.5, 0.6) is 5.75 Å². The van der Waals surface area contributed by atoms with Crippen molar-refractivity contribution in [2.45, 2.75) is 37.9 Å². The van der Waals surface area contributed by atoms with Crippen LogP contribution < -0.4 is 20.7 Å². The Kier molecular flexibility index (Phi) is 8.16. The molecule has 2 amide bonds. The Hall–Kier alpha value is -3.10. The number of anilines is 2. The summed E-state index contributed by atoms with van der Waals surface area (Å²) in [4.78, 5) is 24.9. The van der Waals surface area contributed by atoms with E-state index in [0.717, 1.165) is 44.6 Å². The Labute approximate surface area is 194 Å². The standard InChI is InChI=1S/C25H31N3O5/c29-24(16-26-22-10-1-2-11-23(22)33-17-21-9-5-13-32-21)28-19-7-3-6-18(14-19)25(30)27-15-20-8-4-12-31-20/h1-3,6-7,10-11,14,20-21,26H,4-5,8-9,12-13,15-17H2,(H,27,30)(H,28,29). The molecule has 2 saturated heterocycles. The van der Waals surface area contributed by atoms with Gasteiger partial charge in [0.05, 0.1) is 24.4 Å². The van der Waals surface area contributed by atoms with E-state index in [0.29, 0.717) is 30.2 Å². The van der Waals surface area contributed by atoms with E-state index in [1.807, 2.05) is 24.3 Å². The second-order valence-electron chi connectivity index (χ2n) is 8.27. The summed E-state index contributed by atoms with van der Waals surface area (Å²) in [7, 11) is 0. The molecule has 0 bridgehead atoms. The molecule has 2 fully saturated rings. The number of benzene rings is 2. The highest BCUT2D eigenvalue weighted by molar-refractivity contribution is 5.98. The van der Waals surface area contributed by atoms with Crippen LogP contribution in [0.15, 0.2) is 48.5 Å². The predicted molar refractivity (Wildman–Crippen MR) is 126 cm³/mol. The zero-order valence-electron chi connectivity index (χ0n) is 18.7. The number of carbonyl (C=O) groups excluding carboxylic acids is 2. The van der Waals surface area contributed by atoms with E-state index < -0.39 is 0 Å². The van der Waals surface area contributed by atoms with Crippen LogP contribution in [0.2, 0.25) is 0 Å². The minimum atomic E-state index is -0.221. The highest BCUT2D eigenvalue weighted by Gasteiger charge is 2.18. The van der Waals surface area contributed by atoms with Gasteiger partial charge in [-0.1, -0.05) is 18.2 Å². The van der Waals surface area contributed by atoms with Crippen LogP contribution in [0, 0.1) is 0 Å². The summed E-state index contributed by atoms with van der Waals surface area (Å²) in [5.74, 6) is 0.281. The first-order valence-electron chi connectivity index (χ1n) is 11.5. The SMILES string of the molecule is O=C(CNc1ccccc1OCC1CCCO1)Nc1cccc(C(=O)NCC2CCCO2)c1. The van der Waals surface area contributed by atoms with Gasteiger partial charge in [0.15, 0.2) is 0 Å². The van der Waals surface area contributed by atoms with E-state index in [1.54, 1.807) is 24.3 Å². The molecule has 2 heterocycles. The van der Waals surface area contributed by atoms with Gasteiger partial charge < -0.3 is 30.2 Å². The Morgan fingerprint density at radius 3 is 2.55 bits per heavy atom. The average molecular weight is 454 g/mol. The summed E-state index contributed by atoms with van der Waals surface area (Å²) in [6, 6.07) is 14.4.